The molecule has 0 aliphatic heterocycles. The summed E-state index contributed by atoms with van der Waals surface area (Å²) in [5, 5.41) is 11.9. The van der Waals surface area contributed by atoms with E-state index in [1.807, 2.05) is 0 Å². The van der Waals surface area contributed by atoms with Gasteiger partial charge in [0.2, 0.25) is 15.9 Å². The van der Waals surface area contributed by atoms with Crippen LogP contribution in [0, 0.1) is 0 Å². The molecule has 27 heavy (non-hydrogen) atoms. The molecule has 0 bridgehead atoms. The Hall–Kier alpha value is -2.71. The third kappa shape index (κ3) is 5.38. The molecule has 0 aliphatic rings. The van der Waals surface area contributed by atoms with Gasteiger partial charge in [-0.3, -0.25) is 4.79 Å². The fraction of sp³-hybridized carbons (Fsp3) is 0.263. The third-order valence-electron chi connectivity index (χ3n) is 4.06. The molecular weight excluding hydrogens is 368 g/mol. The van der Waals surface area contributed by atoms with Crippen LogP contribution in [0.3, 0.4) is 0 Å². The first kappa shape index (κ1) is 20.6. The number of hydrogen-bond acceptors (Lipinski definition) is 4. The van der Waals surface area contributed by atoms with E-state index in [0.717, 1.165) is 9.87 Å². The fourth-order valence-electron chi connectivity index (χ4n) is 2.47. The van der Waals surface area contributed by atoms with Crippen LogP contribution in [-0.2, 0) is 27.8 Å². The minimum absolute atomic E-state index is 0.164. The lowest BCUT2D eigenvalue weighted by Crippen LogP contribution is -2.24. The Bertz CT molecular complexity index is 921. The molecule has 0 heterocycles. The van der Waals surface area contributed by atoms with Crippen molar-refractivity contribution in [1.82, 2.24) is 9.62 Å². The Kier molecular flexibility index (Phi) is 6.70. The highest BCUT2D eigenvalue weighted by molar-refractivity contribution is 7.89. The molecule has 2 aromatic rings. The Morgan fingerprint density at radius 2 is 1.67 bits per heavy atom. The van der Waals surface area contributed by atoms with E-state index < -0.39 is 16.0 Å². The maximum Gasteiger partial charge on any atom is 0.335 e. The van der Waals surface area contributed by atoms with Gasteiger partial charge in [0.1, 0.15) is 0 Å². The number of carbonyl (C=O) groups excluding carboxylic acids is 1. The minimum Gasteiger partial charge on any atom is -0.478 e. The molecule has 7 nitrogen and oxygen atoms in total. The molecule has 2 aromatic carbocycles. The lowest BCUT2D eigenvalue weighted by atomic mass is 10.0. The van der Waals surface area contributed by atoms with Gasteiger partial charge in [-0.15, -0.1) is 0 Å². The summed E-state index contributed by atoms with van der Waals surface area (Å²) < 4.78 is 25.2. The van der Waals surface area contributed by atoms with E-state index in [2.05, 4.69) is 5.32 Å². The van der Waals surface area contributed by atoms with Crippen molar-refractivity contribution >= 4 is 21.9 Å². The van der Waals surface area contributed by atoms with Gasteiger partial charge in [0, 0.05) is 27.1 Å². The second kappa shape index (κ2) is 8.79. The fourth-order valence-corrected chi connectivity index (χ4v) is 3.38. The average Bonchev–Trinajstić information content (AvgIpc) is 2.65. The topological polar surface area (TPSA) is 104 Å². The molecule has 2 rings (SSSR count). The van der Waals surface area contributed by atoms with Gasteiger partial charge in [-0.25, -0.2) is 17.5 Å². The highest BCUT2D eigenvalue weighted by Crippen LogP contribution is 2.14. The van der Waals surface area contributed by atoms with Gasteiger partial charge in [-0.2, -0.15) is 0 Å². The van der Waals surface area contributed by atoms with Gasteiger partial charge in [-0.05, 0) is 35.7 Å². The molecule has 144 valence electrons. The Labute approximate surface area is 158 Å². The number of carboxylic acid groups (broad SMARTS) is 1. The lowest BCUT2D eigenvalue weighted by Gasteiger charge is -2.12. The van der Waals surface area contributed by atoms with E-state index >= 15 is 0 Å². The number of sulfonamides is 1. The van der Waals surface area contributed by atoms with Gasteiger partial charge < -0.3 is 10.4 Å². The predicted molar refractivity (Wildman–Crippen MR) is 101 cm³/mol. The molecule has 0 fully saturated rings. The first-order valence-electron chi connectivity index (χ1n) is 8.31. The van der Waals surface area contributed by atoms with Gasteiger partial charge in [0.15, 0.2) is 0 Å². The average molecular weight is 390 g/mol. The summed E-state index contributed by atoms with van der Waals surface area (Å²) in [7, 11) is -0.549. The predicted octanol–water partition coefficient (Wildman–Crippen LogP) is 1.88. The minimum atomic E-state index is -3.48. The van der Waals surface area contributed by atoms with Crippen LogP contribution in [-0.4, -0.2) is 43.8 Å². The third-order valence-corrected chi connectivity index (χ3v) is 5.89. The number of amides is 1. The van der Waals surface area contributed by atoms with E-state index in [0.29, 0.717) is 12.0 Å². The summed E-state index contributed by atoms with van der Waals surface area (Å²) in [5.74, 6) is -1.22. The van der Waals surface area contributed by atoms with Crippen molar-refractivity contribution in [3.8, 4) is 0 Å². The monoisotopic (exact) mass is 390 g/mol. The van der Waals surface area contributed by atoms with Crippen LogP contribution in [0.4, 0.5) is 0 Å². The molecule has 1 amide bonds. The van der Waals surface area contributed by atoms with Crippen LogP contribution in [0.5, 0.6) is 0 Å². The van der Waals surface area contributed by atoms with Crippen LogP contribution in [0.2, 0.25) is 0 Å². The zero-order valence-electron chi connectivity index (χ0n) is 15.2. The summed E-state index contributed by atoms with van der Waals surface area (Å²) >= 11 is 0. The van der Waals surface area contributed by atoms with Crippen molar-refractivity contribution in [2.24, 2.45) is 0 Å². The Balaban J connectivity index is 1.90. The second-order valence-electron chi connectivity index (χ2n) is 6.17. The number of carbonyl (C=O) groups is 2. The summed E-state index contributed by atoms with van der Waals surface area (Å²) in [6.45, 7) is 0.266. The van der Waals surface area contributed by atoms with Crippen LogP contribution >= 0.6 is 0 Å². The molecule has 0 unspecified atom stereocenters. The summed E-state index contributed by atoms with van der Waals surface area (Å²) in [4.78, 5) is 23.4. The molecule has 0 saturated heterocycles. The van der Waals surface area contributed by atoms with Crippen LogP contribution < -0.4 is 5.32 Å². The number of aryl methyl sites for hydroxylation is 1. The van der Waals surface area contributed by atoms with Crippen LogP contribution in [0.25, 0.3) is 0 Å². The van der Waals surface area contributed by atoms with Crippen molar-refractivity contribution in [3.63, 3.8) is 0 Å². The van der Waals surface area contributed by atoms with Crippen molar-refractivity contribution in [1.29, 1.82) is 0 Å². The maximum atomic E-state index is 12.0. The lowest BCUT2D eigenvalue weighted by molar-refractivity contribution is -0.121. The summed E-state index contributed by atoms with van der Waals surface area (Å²) in [6, 6.07) is 12.9. The summed E-state index contributed by atoms with van der Waals surface area (Å²) in [5.41, 5.74) is 1.58. The number of nitrogens with one attached hydrogen (secondary N) is 1. The number of carboxylic acids is 1. The van der Waals surface area contributed by atoms with E-state index in [4.69, 9.17) is 5.11 Å². The van der Waals surface area contributed by atoms with Crippen molar-refractivity contribution in [2.45, 2.75) is 24.3 Å². The molecule has 0 aliphatic carbocycles. The van der Waals surface area contributed by atoms with Crippen molar-refractivity contribution in [3.05, 3.63) is 65.2 Å². The molecule has 0 aromatic heterocycles. The SMILES string of the molecule is CN(C)S(=O)(=O)c1ccc(CNC(=O)CCc2ccccc2C(=O)O)cc1. The normalized spacial score (nSPS) is 11.4. The first-order chi connectivity index (χ1) is 12.7. The molecule has 0 saturated carbocycles. The standard InChI is InChI=1S/C19H22N2O5S/c1-21(2)27(25,26)16-10-7-14(8-11-16)13-20-18(22)12-9-15-5-3-4-6-17(15)19(23)24/h3-8,10-11H,9,12-13H2,1-2H3,(H,20,22)(H,23,24). The zero-order valence-corrected chi connectivity index (χ0v) is 16.0. The number of aromatic carboxylic acids is 1. The van der Waals surface area contributed by atoms with E-state index in [1.54, 1.807) is 30.3 Å². The van der Waals surface area contributed by atoms with E-state index in [1.165, 1.54) is 32.3 Å². The number of benzene rings is 2. The maximum absolute atomic E-state index is 12.0. The van der Waals surface area contributed by atoms with Crippen molar-refractivity contribution in [2.75, 3.05) is 14.1 Å². The quantitative estimate of drug-likeness (QED) is 0.716. The highest BCUT2D eigenvalue weighted by atomic mass is 32.2. The molecule has 2 N–H and O–H groups in total. The molecule has 0 atom stereocenters. The van der Waals surface area contributed by atoms with E-state index in [9.17, 15) is 18.0 Å². The largest absolute Gasteiger partial charge is 0.478 e. The Morgan fingerprint density at radius 3 is 2.26 bits per heavy atom. The number of hydrogen-bond donors (Lipinski definition) is 2. The molecule has 0 radical (unpaired) electrons. The highest BCUT2D eigenvalue weighted by Gasteiger charge is 2.16. The van der Waals surface area contributed by atoms with Crippen LogP contribution in [0.15, 0.2) is 53.4 Å². The van der Waals surface area contributed by atoms with Crippen LogP contribution in [0.1, 0.15) is 27.9 Å². The molecular formula is C19H22N2O5S. The molecule has 8 heteroatoms. The van der Waals surface area contributed by atoms with Gasteiger partial charge in [0.25, 0.3) is 0 Å². The summed E-state index contributed by atoms with van der Waals surface area (Å²) in [6.07, 6.45) is 0.492. The van der Waals surface area contributed by atoms with Crippen molar-refractivity contribution < 1.29 is 23.1 Å². The number of nitrogens with zero attached hydrogens (tertiary/aromatic N) is 1. The molecule has 0 spiro atoms. The van der Waals surface area contributed by atoms with Gasteiger partial charge in [-0.1, -0.05) is 30.3 Å². The second-order valence-corrected chi connectivity index (χ2v) is 8.32. The smallest absolute Gasteiger partial charge is 0.335 e. The Morgan fingerprint density at radius 1 is 1.04 bits per heavy atom. The van der Waals surface area contributed by atoms with E-state index in [-0.39, 0.29) is 29.3 Å². The van der Waals surface area contributed by atoms with Gasteiger partial charge in [0.05, 0.1) is 10.5 Å². The van der Waals surface area contributed by atoms with Gasteiger partial charge >= 0.3 is 5.97 Å². The number of rotatable bonds is 8. The first-order valence-corrected chi connectivity index (χ1v) is 9.75. The zero-order chi connectivity index (χ0) is 20.0.